The largest absolute Gasteiger partial charge is 0.491 e. The van der Waals surface area contributed by atoms with Gasteiger partial charge in [0.15, 0.2) is 11.6 Å². The minimum absolute atomic E-state index is 0.215. The van der Waals surface area contributed by atoms with Gasteiger partial charge in [0, 0.05) is 23.3 Å². The Kier molecular flexibility index (Phi) is 4.79. The van der Waals surface area contributed by atoms with Crippen molar-refractivity contribution in [1.82, 2.24) is 0 Å². The summed E-state index contributed by atoms with van der Waals surface area (Å²) >= 11 is 5.77. The topological polar surface area (TPSA) is 21.3 Å². The van der Waals surface area contributed by atoms with Crippen LogP contribution in [0.5, 0.6) is 5.75 Å². The maximum absolute atomic E-state index is 13.6. The summed E-state index contributed by atoms with van der Waals surface area (Å²) in [6, 6.07) is 8.87. The Bertz CT molecular complexity index is 584. The van der Waals surface area contributed by atoms with Crippen molar-refractivity contribution in [2.75, 3.05) is 11.9 Å². The molecule has 0 aliphatic carbocycles. The number of nitrogens with one attached hydrogen (secondary N) is 1. The quantitative estimate of drug-likeness (QED) is 0.869. The van der Waals surface area contributed by atoms with Gasteiger partial charge < -0.3 is 10.1 Å². The SMILES string of the molecule is CCOc1ccc(NCc2cc(F)cc(Cl)c2)cc1F. The summed E-state index contributed by atoms with van der Waals surface area (Å²) in [5.41, 5.74) is 1.27. The van der Waals surface area contributed by atoms with Crippen LogP contribution in [0.3, 0.4) is 0 Å². The third kappa shape index (κ3) is 3.84. The Morgan fingerprint density at radius 2 is 1.95 bits per heavy atom. The molecule has 2 aromatic carbocycles. The number of hydrogen-bond donors (Lipinski definition) is 1. The van der Waals surface area contributed by atoms with Crippen molar-refractivity contribution in [2.45, 2.75) is 13.5 Å². The molecule has 20 heavy (non-hydrogen) atoms. The highest BCUT2D eigenvalue weighted by Gasteiger charge is 2.05. The van der Waals surface area contributed by atoms with Gasteiger partial charge in [-0.3, -0.25) is 0 Å². The molecule has 0 fully saturated rings. The first kappa shape index (κ1) is 14.6. The van der Waals surface area contributed by atoms with E-state index in [-0.39, 0.29) is 5.75 Å². The molecule has 2 rings (SSSR count). The minimum atomic E-state index is -0.436. The first-order valence-corrected chi connectivity index (χ1v) is 6.57. The second-order valence-corrected chi connectivity index (χ2v) is 4.65. The van der Waals surface area contributed by atoms with Gasteiger partial charge in [-0.1, -0.05) is 11.6 Å². The Labute approximate surface area is 121 Å². The summed E-state index contributed by atoms with van der Waals surface area (Å²) in [4.78, 5) is 0. The van der Waals surface area contributed by atoms with E-state index in [1.807, 2.05) is 0 Å². The van der Waals surface area contributed by atoms with Gasteiger partial charge >= 0.3 is 0 Å². The molecule has 2 nitrogen and oxygen atoms in total. The molecule has 0 saturated heterocycles. The van der Waals surface area contributed by atoms with Crippen LogP contribution in [0.25, 0.3) is 0 Å². The van der Waals surface area contributed by atoms with Gasteiger partial charge in [0.2, 0.25) is 0 Å². The molecule has 1 N–H and O–H groups in total. The molecule has 0 aromatic heterocycles. The molecule has 0 unspecified atom stereocenters. The molecule has 0 aliphatic heterocycles. The van der Waals surface area contributed by atoms with Crippen LogP contribution in [0.4, 0.5) is 14.5 Å². The van der Waals surface area contributed by atoms with E-state index in [2.05, 4.69) is 5.32 Å². The fraction of sp³-hybridized carbons (Fsp3) is 0.200. The van der Waals surface area contributed by atoms with E-state index in [0.717, 1.165) is 0 Å². The lowest BCUT2D eigenvalue weighted by atomic mass is 10.2. The average molecular weight is 298 g/mol. The Morgan fingerprint density at radius 1 is 1.15 bits per heavy atom. The molecule has 0 spiro atoms. The summed E-state index contributed by atoms with van der Waals surface area (Å²) in [6.45, 7) is 2.55. The molecule has 0 atom stereocenters. The standard InChI is InChI=1S/C15H14ClF2NO/c1-2-20-15-4-3-13(8-14(15)18)19-9-10-5-11(16)7-12(17)6-10/h3-8,19H,2,9H2,1H3. The fourth-order valence-electron chi connectivity index (χ4n) is 1.80. The number of hydrogen-bond acceptors (Lipinski definition) is 2. The van der Waals surface area contributed by atoms with Crippen molar-refractivity contribution >= 4 is 17.3 Å². The van der Waals surface area contributed by atoms with Crippen LogP contribution in [0, 0.1) is 11.6 Å². The van der Waals surface area contributed by atoms with E-state index in [1.54, 1.807) is 25.1 Å². The molecule has 106 valence electrons. The van der Waals surface area contributed by atoms with Gasteiger partial charge in [0.25, 0.3) is 0 Å². The van der Waals surface area contributed by atoms with Gasteiger partial charge in [-0.05, 0) is 42.8 Å². The van der Waals surface area contributed by atoms with Crippen LogP contribution in [-0.4, -0.2) is 6.61 Å². The van der Waals surface area contributed by atoms with Crippen LogP contribution in [0.2, 0.25) is 5.02 Å². The van der Waals surface area contributed by atoms with E-state index in [4.69, 9.17) is 16.3 Å². The lowest BCUT2D eigenvalue weighted by Crippen LogP contribution is -2.01. The highest BCUT2D eigenvalue weighted by molar-refractivity contribution is 6.30. The summed E-state index contributed by atoms with van der Waals surface area (Å²) in [7, 11) is 0. The van der Waals surface area contributed by atoms with Crippen LogP contribution >= 0.6 is 11.6 Å². The third-order valence-corrected chi connectivity index (χ3v) is 2.87. The molecule has 0 saturated carbocycles. The number of benzene rings is 2. The fourth-order valence-corrected chi connectivity index (χ4v) is 2.04. The highest BCUT2D eigenvalue weighted by Crippen LogP contribution is 2.22. The summed E-state index contributed by atoms with van der Waals surface area (Å²) in [5.74, 6) is -0.617. The zero-order valence-electron chi connectivity index (χ0n) is 10.9. The van der Waals surface area contributed by atoms with E-state index < -0.39 is 11.6 Å². The predicted molar refractivity (Wildman–Crippen MR) is 76.3 cm³/mol. The van der Waals surface area contributed by atoms with E-state index in [9.17, 15) is 8.78 Å². The highest BCUT2D eigenvalue weighted by atomic mass is 35.5. The zero-order valence-corrected chi connectivity index (χ0v) is 11.7. The number of ether oxygens (including phenoxy) is 1. The smallest absolute Gasteiger partial charge is 0.167 e. The van der Waals surface area contributed by atoms with Crippen molar-refractivity contribution in [3.05, 3.63) is 58.6 Å². The molecule has 5 heteroatoms. The van der Waals surface area contributed by atoms with Gasteiger partial charge in [0.1, 0.15) is 5.82 Å². The van der Waals surface area contributed by atoms with Gasteiger partial charge in [0.05, 0.1) is 6.61 Å². The van der Waals surface area contributed by atoms with Crippen LogP contribution < -0.4 is 10.1 Å². The number of anilines is 1. The summed E-state index contributed by atoms with van der Waals surface area (Å²) < 4.78 is 31.9. The van der Waals surface area contributed by atoms with Crippen molar-refractivity contribution in [3.8, 4) is 5.75 Å². The second-order valence-electron chi connectivity index (χ2n) is 4.21. The molecular weight excluding hydrogens is 284 g/mol. The van der Waals surface area contributed by atoms with E-state index in [1.165, 1.54) is 18.2 Å². The molecule has 0 aliphatic rings. The monoisotopic (exact) mass is 297 g/mol. The summed E-state index contributed by atoms with van der Waals surface area (Å²) in [6.07, 6.45) is 0. The van der Waals surface area contributed by atoms with Gasteiger partial charge in [-0.2, -0.15) is 0 Å². The molecule has 2 aromatic rings. The first-order valence-electron chi connectivity index (χ1n) is 6.19. The molecular formula is C15H14ClF2NO. The number of halogens is 3. The molecule has 0 amide bonds. The van der Waals surface area contributed by atoms with Gasteiger partial charge in [-0.15, -0.1) is 0 Å². The van der Waals surface area contributed by atoms with Crippen molar-refractivity contribution in [2.24, 2.45) is 0 Å². The molecule has 0 radical (unpaired) electrons. The maximum atomic E-state index is 13.6. The first-order chi connectivity index (χ1) is 9.58. The van der Waals surface area contributed by atoms with Crippen molar-refractivity contribution in [1.29, 1.82) is 0 Å². The average Bonchev–Trinajstić information content (AvgIpc) is 2.38. The van der Waals surface area contributed by atoms with Crippen LogP contribution in [-0.2, 0) is 6.54 Å². The lowest BCUT2D eigenvalue weighted by molar-refractivity contribution is 0.321. The second kappa shape index (κ2) is 6.57. The lowest BCUT2D eigenvalue weighted by Gasteiger charge is -2.09. The Morgan fingerprint density at radius 3 is 2.60 bits per heavy atom. The Balaban J connectivity index is 2.05. The maximum Gasteiger partial charge on any atom is 0.167 e. The van der Waals surface area contributed by atoms with Crippen LogP contribution in [0.15, 0.2) is 36.4 Å². The Hall–Kier alpha value is -1.81. The predicted octanol–water partition coefficient (Wildman–Crippen LogP) is 4.63. The van der Waals surface area contributed by atoms with Crippen molar-refractivity contribution < 1.29 is 13.5 Å². The molecule has 0 heterocycles. The van der Waals surface area contributed by atoms with Crippen LogP contribution in [0.1, 0.15) is 12.5 Å². The van der Waals surface area contributed by atoms with E-state index >= 15 is 0 Å². The van der Waals surface area contributed by atoms with Gasteiger partial charge in [-0.25, -0.2) is 8.78 Å². The third-order valence-electron chi connectivity index (χ3n) is 2.65. The number of rotatable bonds is 5. The summed E-state index contributed by atoms with van der Waals surface area (Å²) in [5, 5.41) is 3.34. The van der Waals surface area contributed by atoms with E-state index in [0.29, 0.717) is 29.4 Å². The van der Waals surface area contributed by atoms with Crippen molar-refractivity contribution in [3.63, 3.8) is 0 Å². The normalized spacial score (nSPS) is 10.4. The minimum Gasteiger partial charge on any atom is -0.491 e. The zero-order chi connectivity index (χ0) is 14.5. The molecule has 0 bridgehead atoms.